The van der Waals surface area contributed by atoms with E-state index in [9.17, 15) is 0 Å². The number of thiophene rings is 1. The second kappa shape index (κ2) is 5.26. The molecule has 0 aliphatic rings. The summed E-state index contributed by atoms with van der Waals surface area (Å²) >= 11 is 1.89. The standard InChI is InChI=1S/C21H18S/c1-14(2)16-8-10-20-18(12-16)19-13-17(9-11-21(19)22-20)15-6-4-3-5-7-15/h3-14H,1-2H3. The minimum atomic E-state index is 0.566. The topological polar surface area (TPSA) is 0 Å². The smallest absolute Gasteiger partial charge is 0.0355 e. The molecule has 4 aromatic rings. The largest absolute Gasteiger partial charge is 0.135 e. The van der Waals surface area contributed by atoms with Crippen LogP contribution >= 0.6 is 11.3 Å². The number of benzene rings is 3. The first-order valence-electron chi connectivity index (χ1n) is 7.74. The molecule has 0 fully saturated rings. The summed E-state index contributed by atoms with van der Waals surface area (Å²) in [7, 11) is 0. The fourth-order valence-corrected chi connectivity index (χ4v) is 4.03. The predicted octanol–water partition coefficient (Wildman–Crippen LogP) is 6.84. The molecule has 0 saturated heterocycles. The normalized spacial score (nSPS) is 11.6. The van der Waals surface area contributed by atoms with Crippen LogP contribution in [0.5, 0.6) is 0 Å². The van der Waals surface area contributed by atoms with Gasteiger partial charge in [-0.1, -0.05) is 56.3 Å². The Balaban J connectivity index is 1.97. The lowest BCUT2D eigenvalue weighted by molar-refractivity contribution is 0.869. The van der Waals surface area contributed by atoms with E-state index < -0.39 is 0 Å². The zero-order valence-electron chi connectivity index (χ0n) is 12.8. The van der Waals surface area contributed by atoms with E-state index in [0.717, 1.165) is 0 Å². The average Bonchev–Trinajstić information content (AvgIpc) is 2.92. The Bertz CT molecular complexity index is 946. The Morgan fingerprint density at radius 2 is 1.36 bits per heavy atom. The minimum Gasteiger partial charge on any atom is -0.135 e. The van der Waals surface area contributed by atoms with Crippen molar-refractivity contribution >= 4 is 31.5 Å². The molecule has 1 heterocycles. The third kappa shape index (κ3) is 2.22. The molecule has 0 nitrogen and oxygen atoms in total. The Morgan fingerprint density at radius 3 is 2.09 bits per heavy atom. The number of rotatable bonds is 2. The SMILES string of the molecule is CC(C)c1ccc2sc3ccc(-c4ccccc4)cc3c2c1. The van der Waals surface area contributed by atoms with Gasteiger partial charge in [0.05, 0.1) is 0 Å². The van der Waals surface area contributed by atoms with E-state index in [1.54, 1.807) is 0 Å². The van der Waals surface area contributed by atoms with Crippen molar-refractivity contribution in [2.45, 2.75) is 19.8 Å². The van der Waals surface area contributed by atoms with Crippen molar-refractivity contribution < 1.29 is 0 Å². The van der Waals surface area contributed by atoms with Gasteiger partial charge in [0.2, 0.25) is 0 Å². The average molecular weight is 302 g/mol. The van der Waals surface area contributed by atoms with Crippen molar-refractivity contribution in [3.8, 4) is 11.1 Å². The highest BCUT2D eigenvalue weighted by Crippen LogP contribution is 2.37. The highest BCUT2D eigenvalue weighted by atomic mass is 32.1. The molecular weight excluding hydrogens is 284 g/mol. The van der Waals surface area contributed by atoms with Crippen LogP contribution in [0, 0.1) is 0 Å². The lowest BCUT2D eigenvalue weighted by atomic mass is 9.99. The van der Waals surface area contributed by atoms with E-state index >= 15 is 0 Å². The fourth-order valence-electron chi connectivity index (χ4n) is 2.96. The van der Waals surface area contributed by atoms with Gasteiger partial charge in [0.25, 0.3) is 0 Å². The lowest BCUT2D eigenvalue weighted by Crippen LogP contribution is -1.85. The summed E-state index contributed by atoms with van der Waals surface area (Å²) < 4.78 is 2.75. The van der Waals surface area contributed by atoms with Gasteiger partial charge in [-0.3, -0.25) is 0 Å². The van der Waals surface area contributed by atoms with Crippen molar-refractivity contribution in [3.63, 3.8) is 0 Å². The van der Waals surface area contributed by atoms with E-state index in [-0.39, 0.29) is 0 Å². The van der Waals surface area contributed by atoms with Crippen LogP contribution < -0.4 is 0 Å². The molecule has 3 aromatic carbocycles. The van der Waals surface area contributed by atoms with Crippen LogP contribution in [0.4, 0.5) is 0 Å². The Hall–Kier alpha value is -2.12. The third-order valence-electron chi connectivity index (χ3n) is 4.27. The quantitative estimate of drug-likeness (QED) is 0.380. The fraction of sp³-hybridized carbons (Fsp3) is 0.143. The number of hydrogen-bond donors (Lipinski definition) is 0. The summed E-state index contributed by atoms with van der Waals surface area (Å²) in [6.45, 7) is 4.51. The maximum atomic E-state index is 2.37. The predicted molar refractivity (Wildman–Crippen MR) is 98.9 cm³/mol. The molecule has 0 spiro atoms. The molecule has 0 bridgehead atoms. The van der Waals surface area contributed by atoms with Gasteiger partial charge in [-0.15, -0.1) is 11.3 Å². The highest BCUT2D eigenvalue weighted by Gasteiger charge is 2.09. The zero-order chi connectivity index (χ0) is 15.1. The molecule has 108 valence electrons. The van der Waals surface area contributed by atoms with E-state index in [0.29, 0.717) is 5.92 Å². The molecule has 22 heavy (non-hydrogen) atoms. The van der Waals surface area contributed by atoms with Gasteiger partial charge in [0, 0.05) is 20.2 Å². The second-order valence-electron chi connectivity index (χ2n) is 6.09. The van der Waals surface area contributed by atoms with E-state index in [4.69, 9.17) is 0 Å². The summed E-state index contributed by atoms with van der Waals surface area (Å²) in [6, 6.07) is 24.4. The molecule has 0 saturated carbocycles. The molecule has 0 radical (unpaired) electrons. The van der Waals surface area contributed by atoms with Crippen molar-refractivity contribution in [1.29, 1.82) is 0 Å². The van der Waals surface area contributed by atoms with E-state index in [2.05, 4.69) is 80.6 Å². The minimum absolute atomic E-state index is 0.566. The maximum absolute atomic E-state index is 2.37. The molecule has 0 unspecified atom stereocenters. The van der Waals surface area contributed by atoms with Gasteiger partial charge >= 0.3 is 0 Å². The van der Waals surface area contributed by atoms with Crippen molar-refractivity contribution in [2.24, 2.45) is 0 Å². The summed E-state index contributed by atoms with van der Waals surface area (Å²) in [6.07, 6.45) is 0. The molecule has 0 N–H and O–H groups in total. The van der Waals surface area contributed by atoms with Crippen LogP contribution in [0.3, 0.4) is 0 Å². The zero-order valence-corrected chi connectivity index (χ0v) is 13.7. The molecule has 1 heteroatoms. The molecular formula is C21H18S. The van der Waals surface area contributed by atoms with Gasteiger partial charge in [-0.2, -0.15) is 0 Å². The van der Waals surface area contributed by atoms with Crippen molar-refractivity contribution in [2.75, 3.05) is 0 Å². The monoisotopic (exact) mass is 302 g/mol. The lowest BCUT2D eigenvalue weighted by Gasteiger charge is -2.05. The van der Waals surface area contributed by atoms with Crippen LogP contribution in [0.15, 0.2) is 66.7 Å². The van der Waals surface area contributed by atoms with Gasteiger partial charge in [0.15, 0.2) is 0 Å². The molecule has 1 aromatic heterocycles. The summed E-state index contributed by atoms with van der Waals surface area (Å²) in [5, 5.41) is 2.77. The second-order valence-corrected chi connectivity index (χ2v) is 7.17. The third-order valence-corrected chi connectivity index (χ3v) is 5.42. The first-order valence-corrected chi connectivity index (χ1v) is 8.55. The van der Waals surface area contributed by atoms with Crippen LogP contribution in [0.25, 0.3) is 31.3 Å². The summed E-state index contributed by atoms with van der Waals surface area (Å²) in [5.41, 5.74) is 3.99. The molecule has 0 atom stereocenters. The maximum Gasteiger partial charge on any atom is 0.0355 e. The van der Waals surface area contributed by atoms with Crippen LogP contribution in [-0.4, -0.2) is 0 Å². The molecule has 0 aliphatic heterocycles. The van der Waals surface area contributed by atoms with Gasteiger partial charge in [-0.25, -0.2) is 0 Å². The first-order chi connectivity index (χ1) is 10.7. The Kier molecular flexibility index (Phi) is 3.24. The number of hydrogen-bond acceptors (Lipinski definition) is 1. The highest BCUT2D eigenvalue weighted by molar-refractivity contribution is 7.25. The first kappa shape index (κ1) is 13.5. The van der Waals surface area contributed by atoms with E-state index in [1.165, 1.54) is 36.9 Å². The van der Waals surface area contributed by atoms with E-state index in [1.807, 2.05) is 11.3 Å². The summed E-state index contributed by atoms with van der Waals surface area (Å²) in [5.74, 6) is 0.566. The van der Waals surface area contributed by atoms with Gasteiger partial charge in [0.1, 0.15) is 0 Å². The van der Waals surface area contributed by atoms with Gasteiger partial charge in [-0.05, 0) is 46.9 Å². The van der Waals surface area contributed by atoms with Crippen molar-refractivity contribution in [3.05, 3.63) is 72.3 Å². The Labute approximate surface area is 135 Å². The molecule has 0 aliphatic carbocycles. The summed E-state index contributed by atoms with van der Waals surface area (Å²) in [4.78, 5) is 0. The molecule has 0 amide bonds. The van der Waals surface area contributed by atoms with Gasteiger partial charge < -0.3 is 0 Å². The Morgan fingerprint density at radius 1 is 0.682 bits per heavy atom. The molecule has 4 rings (SSSR count). The van der Waals surface area contributed by atoms with Crippen LogP contribution in [0.1, 0.15) is 25.3 Å². The number of fused-ring (bicyclic) bond motifs is 3. The van der Waals surface area contributed by atoms with Crippen LogP contribution in [-0.2, 0) is 0 Å². The van der Waals surface area contributed by atoms with Crippen molar-refractivity contribution in [1.82, 2.24) is 0 Å². The van der Waals surface area contributed by atoms with Crippen LogP contribution in [0.2, 0.25) is 0 Å².